The SMILES string of the molecule is O=C(C1CCc2ccccc2C1)N1CCC(Cl)CC1. The number of alkyl halides is 1. The number of rotatable bonds is 1. The molecule has 0 saturated carbocycles. The lowest BCUT2D eigenvalue weighted by molar-refractivity contribution is -0.136. The second-order valence-electron chi connectivity index (χ2n) is 5.71. The van der Waals surface area contributed by atoms with E-state index >= 15 is 0 Å². The van der Waals surface area contributed by atoms with Gasteiger partial charge in [0.25, 0.3) is 0 Å². The highest BCUT2D eigenvalue weighted by atomic mass is 35.5. The van der Waals surface area contributed by atoms with Gasteiger partial charge in [0, 0.05) is 24.4 Å². The smallest absolute Gasteiger partial charge is 0.226 e. The molecule has 1 fully saturated rings. The number of benzene rings is 1. The quantitative estimate of drug-likeness (QED) is 0.723. The molecule has 1 aromatic carbocycles. The predicted octanol–water partition coefficient (Wildman–Crippen LogP) is 3.02. The number of piperidine rings is 1. The Bertz CT molecular complexity index is 466. The average Bonchev–Trinajstić information content (AvgIpc) is 2.47. The second-order valence-corrected chi connectivity index (χ2v) is 6.33. The van der Waals surface area contributed by atoms with Crippen LogP contribution in [-0.2, 0) is 17.6 Å². The molecule has 3 rings (SSSR count). The lowest BCUT2D eigenvalue weighted by atomic mass is 9.83. The lowest BCUT2D eigenvalue weighted by Crippen LogP contribution is -2.43. The minimum Gasteiger partial charge on any atom is -0.342 e. The van der Waals surface area contributed by atoms with Crippen molar-refractivity contribution in [1.82, 2.24) is 4.90 Å². The number of fused-ring (bicyclic) bond motifs is 1. The van der Waals surface area contributed by atoms with Crippen LogP contribution < -0.4 is 0 Å². The summed E-state index contributed by atoms with van der Waals surface area (Å²) in [4.78, 5) is 14.6. The molecule has 2 nitrogen and oxygen atoms in total. The van der Waals surface area contributed by atoms with Crippen molar-refractivity contribution in [2.45, 2.75) is 37.5 Å². The van der Waals surface area contributed by atoms with E-state index in [-0.39, 0.29) is 11.3 Å². The van der Waals surface area contributed by atoms with Crippen LogP contribution >= 0.6 is 11.6 Å². The van der Waals surface area contributed by atoms with E-state index in [1.165, 1.54) is 11.1 Å². The van der Waals surface area contributed by atoms with Crippen molar-refractivity contribution < 1.29 is 4.79 Å². The molecule has 0 N–H and O–H groups in total. The molecule has 0 aromatic heterocycles. The van der Waals surface area contributed by atoms with Crippen LogP contribution in [0, 0.1) is 5.92 Å². The molecule has 0 spiro atoms. The maximum atomic E-state index is 12.6. The number of aryl methyl sites for hydroxylation is 1. The Labute approximate surface area is 119 Å². The first-order chi connectivity index (χ1) is 9.24. The van der Waals surface area contributed by atoms with Gasteiger partial charge in [-0.15, -0.1) is 11.6 Å². The topological polar surface area (TPSA) is 20.3 Å². The molecule has 1 unspecified atom stereocenters. The Balaban J connectivity index is 1.66. The summed E-state index contributed by atoms with van der Waals surface area (Å²) in [6.45, 7) is 1.68. The Morgan fingerprint density at radius 2 is 1.79 bits per heavy atom. The van der Waals surface area contributed by atoms with E-state index in [0.717, 1.165) is 45.2 Å². The van der Waals surface area contributed by atoms with Gasteiger partial charge in [0.15, 0.2) is 0 Å². The number of nitrogens with zero attached hydrogens (tertiary/aromatic N) is 1. The van der Waals surface area contributed by atoms with Crippen molar-refractivity contribution in [3.63, 3.8) is 0 Å². The van der Waals surface area contributed by atoms with Crippen molar-refractivity contribution in [2.24, 2.45) is 5.92 Å². The monoisotopic (exact) mass is 277 g/mol. The van der Waals surface area contributed by atoms with Crippen molar-refractivity contribution >= 4 is 17.5 Å². The fourth-order valence-corrected chi connectivity index (χ4v) is 3.43. The molecule has 1 atom stereocenters. The standard InChI is InChI=1S/C16H20ClNO/c17-15-7-9-18(10-8-15)16(19)14-6-5-12-3-1-2-4-13(12)11-14/h1-4,14-15H,5-11H2. The summed E-state index contributed by atoms with van der Waals surface area (Å²) in [5, 5.41) is 0.260. The van der Waals surface area contributed by atoms with Crippen LogP contribution in [0.1, 0.15) is 30.4 Å². The molecule has 1 amide bonds. The van der Waals surface area contributed by atoms with Crippen LogP contribution in [0.5, 0.6) is 0 Å². The zero-order valence-corrected chi connectivity index (χ0v) is 11.9. The predicted molar refractivity (Wildman–Crippen MR) is 77.4 cm³/mol. The zero-order valence-electron chi connectivity index (χ0n) is 11.1. The van der Waals surface area contributed by atoms with E-state index in [4.69, 9.17) is 11.6 Å². The lowest BCUT2D eigenvalue weighted by Gasteiger charge is -2.34. The average molecular weight is 278 g/mol. The highest BCUT2D eigenvalue weighted by molar-refractivity contribution is 6.20. The van der Waals surface area contributed by atoms with Gasteiger partial charge < -0.3 is 4.90 Å². The van der Waals surface area contributed by atoms with Crippen molar-refractivity contribution in [1.29, 1.82) is 0 Å². The maximum absolute atomic E-state index is 12.6. The molecule has 1 aliphatic heterocycles. The number of carbonyl (C=O) groups is 1. The number of hydrogen-bond donors (Lipinski definition) is 0. The van der Waals surface area contributed by atoms with Crippen LogP contribution in [0.3, 0.4) is 0 Å². The van der Waals surface area contributed by atoms with Crippen molar-refractivity contribution in [3.8, 4) is 0 Å². The van der Waals surface area contributed by atoms with Crippen LogP contribution in [0.4, 0.5) is 0 Å². The maximum Gasteiger partial charge on any atom is 0.226 e. The molecule has 1 heterocycles. The summed E-state index contributed by atoms with van der Waals surface area (Å²) in [6, 6.07) is 8.52. The molecule has 102 valence electrons. The normalized spacial score (nSPS) is 24.1. The van der Waals surface area contributed by atoms with E-state index in [9.17, 15) is 4.79 Å². The second kappa shape index (κ2) is 5.54. The number of carbonyl (C=O) groups excluding carboxylic acids is 1. The molecule has 1 saturated heterocycles. The highest BCUT2D eigenvalue weighted by Gasteiger charge is 2.30. The van der Waals surface area contributed by atoms with E-state index in [1.54, 1.807) is 0 Å². The first kappa shape index (κ1) is 13.0. The van der Waals surface area contributed by atoms with Crippen LogP contribution in [0.2, 0.25) is 0 Å². The molecule has 3 heteroatoms. The van der Waals surface area contributed by atoms with Crippen LogP contribution in [0.15, 0.2) is 24.3 Å². The largest absolute Gasteiger partial charge is 0.342 e. The third-order valence-corrected chi connectivity index (χ3v) is 4.87. The molecule has 1 aromatic rings. The summed E-state index contributed by atoms with van der Waals surface area (Å²) in [7, 11) is 0. The van der Waals surface area contributed by atoms with Gasteiger partial charge in [-0.05, 0) is 43.2 Å². The molecule has 2 aliphatic rings. The molecule has 0 bridgehead atoms. The molecular weight excluding hydrogens is 258 g/mol. The van der Waals surface area contributed by atoms with Gasteiger partial charge in [-0.1, -0.05) is 24.3 Å². The van der Waals surface area contributed by atoms with Crippen LogP contribution in [0.25, 0.3) is 0 Å². The number of halogens is 1. The number of likely N-dealkylation sites (tertiary alicyclic amines) is 1. The van der Waals surface area contributed by atoms with Crippen LogP contribution in [-0.4, -0.2) is 29.3 Å². The Morgan fingerprint density at radius 3 is 2.53 bits per heavy atom. The van der Waals surface area contributed by atoms with Gasteiger partial charge in [-0.3, -0.25) is 4.79 Å². The van der Waals surface area contributed by atoms with Gasteiger partial charge in [-0.25, -0.2) is 0 Å². The highest BCUT2D eigenvalue weighted by Crippen LogP contribution is 2.28. The Kier molecular flexibility index (Phi) is 3.79. The third kappa shape index (κ3) is 2.79. The fraction of sp³-hybridized carbons (Fsp3) is 0.562. The van der Waals surface area contributed by atoms with Gasteiger partial charge in [0.2, 0.25) is 5.91 Å². The van der Waals surface area contributed by atoms with E-state index in [2.05, 4.69) is 24.3 Å². The number of hydrogen-bond acceptors (Lipinski definition) is 1. The fourth-order valence-electron chi connectivity index (χ4n) is 3.24. The molecular formula is C16H20ClNO. The third-order valence-electron chi connectivity index (χ3n) is 4.43. The summed E-state index contributed by atoms with van der Waals surface area (Å²) >= 11 is 6.10. The first-order valence-electron chi connectivity index (χ1n) is 7.23. The van der Waals surface area contributed by atoms with E-state index in [0.29, 0.717) is 5.91 Å². The molecule has 19 heavy (non-hydrogen) atoms. The van der Waals surface area contributed by atoms with Crippen molar-refractivity contribution in [2.75, 3.05) is 13.1 Å². The molecule has 0 radical (unpaired) electrons. The summed E-state index contributed by atoms with van der Waals surface area (Å²) < 4.78 is 0. The van der Waals surface area contributed by atoms with E-state index < -0.39 is 0 Å². The van der Waals surface area contributed by atoms with E-state index in [1.807, 2.05) is 4.90 Å². The minimum atomic E-state index is 0.182. The minimum absolute atomic E-state index is 0.182. The Hall–Kier alpha value is -1.02. The summed E-state index contributed by atoms with van der Waals surface area (Å²) in [5.74, 6) is 0.528. The van der Waals surface area contributed by atoms with Gasteiger partial charge in [0.05, 0.1) is 0 Å². The summed E-state index contributed by atoms with van der Waals surface area (Å²) in [6.07, 6.45) is 4.83. The van der Waals surface area contributed by atoms with Crippen molar-refractivity contribution in [3.05, 3.63) is 35.4 Å². The molecule has 1 aliphatic carbocycles. The summed E-state index contributed by atoms with van der Waals surface area (Å²) in [5.41, 5.74) is 2.78. The zero-order chi connectivity index (χ0) is 13.2. The van der Waals surface area contributed by atoms with Gasteiger partial charge >= 0.3 is 0 Å². The first-order valence-corrected chi connectivity index (χ1v) is 7.67. The van der Waals surface area contributed by atoms with Gasteiger partial charge in [-0.2, -0.15) is 0 Å². The van der Waals surface area contributed by atoms with Gasteiger partial charge in [0.1, 0.15) is 0 Å². The number of amides is 1. The Morgan fingerprint density at radius 1 is 1.11 bits per heavy atom.